The van der Waals surface area contributed by atoms with Crippen molar-refractivity contribution in [2.45, 2.75) is 32.4 Å². The lowest BCUT2D eigenvalue weighted by Crippen LogP contribution is -2.43. The summed E-state index contributed by atoms with van der Waals surface area (Å²) in [6.45, 7) is 3.83. The molecule has 0 aromatic carbocycles. The Kier molecular flexibility index (Phi) is 4.11. The van der Waals surface area contributed by atoms with Crippen molar-refractivity contribution >= 4 is 16.3 Å². The Morgan fingerprint density at radius 1 is 1.56 bits per heavy atom. The summed E-state index contributed by atoms with van der Waals surface area (Å²) in [5.41, 5.74) is 5.58. The van der Waals surface area contributed by atoms with Gasteiger partial charge >= 0.3 is 16.3 Å². The Labute approximate surface area is 95.1 Å². The third-order valence-corrected chi connectivity index (χ3v) is 3.52. The van der Waals surface area contributed by atoms with Crippen LogP contribution in [0.1, 0.15) is 20.3 Å². The Morgan fingerprint density at radius 2 is 2.19 bits per heavy atom. The van der Waals surface area contributed by atoms with E-state index in [0.717, 1.165) is 4.31 Å². The summed E-state index contributed by atoms with van der Waals surface area (Å²) in [4.78, 5) is 11.1. The van der Waals surface area contributed by atoms with Crippen molar-refractivity contribution in [2.75, 3.05) is 13.1 Å². The van der Waals surface area contributed by atoms with E-state index in [1.54, 1.807) is 13.8 Å². The smallest absolute Gasteiger partial charge is 0.422 e. The fourth-order valence-corrected chi connectivity index (χ4v) is 2.50. The maximum Gasteiger partial charge on any atom is 0.422 e. The number of hydrogen-bond donors (Lipinski definition) is 2. The van der Waals surface area contributed by atoms with E-state index in [1.165, 1.54) is 0 Å². The molecule has 1 aliphatic rings. The summed E-state index contributed by atoms with van der Waals surface area (Å²) in [6, 6.07) is -0.169. The average molecular weight is 251 g/mol. The summed E-state index contributed by atoms with van der Waals surface area (Å²) in [6.07, 6.45) is -0.730. The van der Waals surface area contributed by atoms with Gasteiger partial charge < -0.3 is 10.5 Å². The Morgan fingerprint density at radius 3 is 2.62 bits per heavy atom. The van der Waals surface area contributed by atoms with Crippen LogP contribution < -0.4 is 10.5 Å². The molecule has 94 valence electrons. The van der Waals surface area contributed by atoms with Crippen LogP contribution in [0.5, 0.6) is 0 Å². The molecule has 1 saturated heterocycles. The first-order valence-corrected chi connectivity index (χ1v) is 6.49. The number of nitrogens with two attached hydrogens (primary N) is 1. The molecule has 8 heteroatoms. The first-order valence-electron chi connectivity index (χ1n) is 5.05. The SMILES string of the molecule is CC(C)OC(=O)NS(=O)(=O)N1CC[C@@H](N)C1. The first kappa shape index (κ1) is 13.2. The summed E-state index contributed by atoms with van der Waals surface area (Å²) in [5, 5.41) is 0. The largest absolute Gasteiger partial charge is 0.446 e. The molecule has 0 radical (unpaired) electrons. The minimum atomic E-state index is -3.81. The molecule has 0 aromatic heterocycles. The topological polar surface area (TPSA) is 102 Å². The van der Waals surface area contributed by atoms with Gasteiger partial charge in [-0.2, -0.15) is 12.7 Å². The molecule has 3 N–H and O–H groups in total. The van der Waals surface area contributed by atoms with Gasteiger partial charge in [-0.3, -0.25) is 0 Å². The predicted molar refractivity (Wildman–Crippen MR) is 57.8 cm³/mol. The molecule has 0 aromatic rings. The minimum absolute atomic E-state index is 0.169. The van der Waals surface area contributed by atoms with E-state index in [-0.39, 0.29) is 18.7 Å². The highest BCUT2D eigenvalue weighted by Crippen LogP contribution is 2.10. The molecular weight excluding hydrogens is 234 g/mol. The van der Waals surface area contributed by atoms with Crippen LogP contribution in [0.25, 0.3) is 0 Å². The molecule has 1 rings (SSSR count). The van der Waals surface area contributed by atoms with E-state index >= 15 is 0 Å². The van der Waals surface area contributed by atoms with Gasteiger partial charge in [-0.15, -0.1) is 0 Å². The van der Waals surface area contributed by atoms with Gasteiger partial charge in [0, 0.05) is 19.1 Å². The summed E-state index contributed by atoms with van der Waals surface area (Å²) >= 11 is 0. The van der Waals surface area contributed by atoms with Crippen LogP contribution in [0.15, 0.2) is 0 Å². The van der Waals surface area contributed by atoms with Crippen LogP contribution in [0.2, 0.25) is 0 Å². The number of nitrogens with zero attached hydrogens (tertiary/aromatic N) is 1. The lowest BCUT2D eigenvalue weighted by atomic mass is 10.3. The third-order valence-electron chi connectivity index (χ3n) is 2.08. The van der Waals surface area contributed by atoms with Gasteiger partial charge in [-0.05, 0) is 20.3 Å². The van der Waals surface area contributed by atoms with Crippen molar-refractivity contribution in [3.05, 3.63) is 0 Å². The normalized spacial score (nSPS) is 22.4. The second-order valence-corrected chi connectivity index (χ2v) is 5.64. The van der Waals surface area contributed by atoms with Gasteiger partial charge in [0.1, 0.15) is 0 Å². The number of carbonyl (C=O) groups excluding carboxylic acids is 1. The maximum atomic E-state index is 11.6. The summed E-state index contributed by atoms with van der Waals surface area (Å²) in [7, 11) is -3.81. The predicted octanol–water partition coefficient (Wildman–Crippen LogP) is -0.601. The molecule has 1 aliphatic heterocycles. The lowest BCUT2D eigenvalue weighted by Gasteiger charge is -2.16. The van der Waals surface area contributed by atoms with Crippen LogP contribution in [0, 0.1) is 0 Å². The van der Waals surface area contributed by atoms with Crippen LogP contribution in [-0.4, -0.2) is 44.1 Å². The van der Waals surface area contributed by atoms with E-state index in [0.29, 0.717) is 13.0 Å². The number of amides is 1. The first-order chi connectivity index (χ1) is 7.31. The maximum absolute atomic E-state index is 11.6. The molecule has 1 amide bonds. The van der Waals surface area contributed by atoms with Crippen molar-refractivity contribution < 1.29 is 17.9 Å². The highest BCUT2D eigenvalue weighted by Gasteiger charge is 2.31. The molecule has 0 bridgehead atoms. The van der Waals surface area contributed by atoms with Crippen molar-refractivity contribution in [1.29, 1.82) is 0 Å². The van der Waals surface area contributed by atoms with Crippen molar-refractivity contribution in [3.63, 3.8) is 0 Å². The zero-order chi connectivity index (χ0) is 12.3. The Bertz CT molecular complexity index is 354. The molecule has 1 fully saturated rings. The molecule has 1 atom stereocenters. The number of rotatable bonds is 3. The van der Waals surface area contributed by atoms with E-state index in [4.69, 9.17) is 5.73 Å². The van der Waals surface area contributed by atoms with Crippen molar-refractivity contribution in [1.82, 2.24) is 9.03 Å². The van der Waals surface area contributed by atoms with Crippen LogP contribution >= 0.6 is 0 Å². The van der Waals surface area contributed by atoms with E-state index in [2.05, 4.69) is 4.74 Å². The Balaban J connectivity index is 2.55. The standard InChI is InChI=1S/C8H17N3O4S/c1-6(2)15-8(12)10-16(13,14)11-4-3-7(9)5-11/h6-7H,3-5,9H2,1-2H3,(H,10,12)/t7-/m1/s1. The fraction of sp³-hybridized carbons (Fsp3) is 0.875. The van der Waals surface area contributed by atoms with Gasteiger partial charge in [-0.1, -0.05) is 0 Å². The van der Waals surface area contributed by atoms with E-state index in [9.17, 15) is 13.2 Å². The molecule has 16 heavy (non-hydrogen) atoms. The summed E-state index contributed by atoms with van der Waals surface area (Å²) < 4.78 is 30.9. The molecule has 0 spiro atoms. The van der Waals surface area contributed by atoms with Crippen LogP contribution in [0.4, 0.5) is 4.79 Å². The molecule has 0 unspecified atom stereocenters. The third kappa shape index (κ3) is 3.62. The lowest BCUT2D eigenvalue weighted by molar-refractivity contribution is 0.121. The monoisotopic (exact) mass is 251 g/mol. The van der Waals surface area contributed by atoms with Crippen LogP contribution in [-0.2, 0) is 14.9 Å². The molecule has 7 nitrogen and oxygen atoms in total. The second-order valence-electron chi connectivity index (χ2n) is 3.97. The van der Waals surface area contributed by atoms with Crippen LogP contribution in [0.3, 0.4) is 0 Å². The summed E-state index contributed by atoms with van der Waals surface area (Å²) in [5.74, 6) is 0. The number of nitrogens with one attached hydrogen (secondary N) is 1. The molecule has 0 saturated carbocycles. The highest BCUT2D eigenvalue weighted by atomic mass is 32.2. The second kappa shape index (κ2) is 4.98. The molecular formula is C8H17N3O4S. The zero-order valence-corrected chi connectivity index (χ0v) is 10.2. The molecule has 0 aliphatic carbocycles. The number of ether oxygens (including phenoxy) is 1. The number of carbonyl (C=O) groups is 1. The fourth-order valence-electron chi connectivity index (χ4n) is 1.38. The van der Waals surface area contributed by atoms with E-state index in [1.807, 2.05) is 4.72 Å². The van der Waals surface area contributed by atoms with Gasteiger partial charge in [0.2, 0.25) is 0 Å². The molecule has 1 heterocycles. The number of hydrogen-bond acceptors (Lipinski definition) is 5. The Hall–Kier alpha value is -0.860. The quantitative estimate of drug-likeness (QED) is 0.697. The zero-order valence-electron chi connectivity index (χ0n) is 9.34. The van der Waals surface area contributed by atoms with Gasteiger partial charge in [0.05, 0.1) is 6.10 Å². The van der Waals surface area contributed by atoms with Gasteiger partial charge in [0.15, 0.2) is 0 Å². The minimum Gasteiger partial charge on any atom is -0.446 e. The van der Waals surface area contributed by atoms with Crippen molar-refractivity contribution in [3.8, 4) is 0 Å². The highest BCUT2D eigenvalue weighted by molar-refractivity contribution is 7.87. The van der Waals surface area contributed by atoms with Gasteiger partial charge in [0.25, 0.3) is 0 Å². The van der Waals surface area contributed by atoms with E-state index < -0.39 is 16.3 Å². The average Bonchev–Trinajstić information content (AvgIpc) is 2.49. The van der Waals surface area contributed by atoms with Gasteiger partial charge in [-0.25, -0.2) is 9.52 Å². The van der Waals surface area contributed by atoms with Crippen molar-refractivity contribution in [2.24, 2.45) is 5.73 Å².